The van der Waals surface area contributed by atoms with Crippen molar-refractivity contribution in [3.05, 3.63) is 0 Å². The molecule has 3 heteroatoms. The van der Waals surface area contributed by atoms with Gasteiger partial charge in [0.15, 0.2) is 0 Å². The van der Waals surface area contributed by atoms with Gasteiger partial charge >= 0.3 is 5.97 Å². The molecule has 0 aliphatic carbocycles. The second kappa shape index (κ2) is 1.95. The number of carbonyl (C=O) groups excluding carboxylic acids is 1. The molecule has 0 spiro atoms. The predicted molar refractivity (Wildman–Crippen MR) is 33.1 cm³/mol. The molecule has 2 saturated heterocycles. The molecule has 10 heavy (non-hydrogen) atoms. The van der Waals surface area contributed by atoms with Crippen molar-refractivity contribution in [3.63, 3.8) is 0 Å². The largest absolute Gasteiger partial charge is 0.435 e. The van der Waals surface area contributed by atoms with Gasteiger partial charge in [-0.25, -0.2) is 0 Å². The minimum atomic E-state index is -0.220. The molecule has 3 atom stereocenters. The summed E-state index contributed by atoms with van der Waals surface area (Å²) in [5.74, 6) is 0.273. The van der Waals surface area contributed by atoms with E-state index in [-0.39, 0.29) is 18.2 Å². The Bertz CT molecular complexity index is 166. The second-order valence-corrected chi connectivity index (χ2v) is 2.92. The molecule has 0 N–H and O–H groups in total. The van der Waals surface area contributed by atoms with Gasteiger partial charge in [-0.05, 0) is 6.42 Å². The number of hydrogen-bond acceptors (Lipinski definition) is 3. The van der Waals surface area contributed by atoms with Crippen LogP contribution >= 0.6 is 0 Å². The van der Waals surface area contributed by atoms with Crippen molar-refractivity contribution < 1.29 is 14.3 Å². The first-order chi connectivity index (χ1) is 4.79. The Labute approximate surface area is 59.3 Å². The molecule has 3 unspecified atom stereocenters. The van der Waals surface area contributed by atoms with Crippen LogP contribution in [-0.2, 0) is 14.3 Å². The van der Waals surface area contributed by atoms with E-state index in [1.54, 1.807) is 0 Å². The lowest BCUT2D eigenvalue weighted by Gasteiger charge is -2.04. The molecule has 0 aromatic heterocycles. The van der Waals surface area contributed by atoms with Gasteiger partial charge < -0.3 is 9.47 Å². The number of rotatable bonds is 0. The van der Waals surface area contributed by atoms with Crippen LogP contribution < -0.4 is 0 Å². The maximum atomic E-state index is 10.9. The maximum Gasteiger partial charge on any atom is 0.311 e. The molecule has 2 aliphatic rings. The first kappa shape index (κ1) is 6.16. The van der Waals surface area contributed by atoms with Gasteiger partial charge in [0, 0.05) is 5.92 Å². The summed E-state index contributed by atoms with van der Waals surface area (Å²) in [5, 5.41) is 0. The highest BCUT2D eigenvalue weighted by molar-refractivity contribution is 5.74. The lowest BCUT2D eigenvalue weighted by atomic mass is 9.95. The quantitative estimate of drug-likeness (QED) is 0.463. The van der Waals surface area contributed by atoms with Gasteiger partial charge in [-0.2, -0.15) is 0 Å². The lowest BCUT2D eigenvalue weighted by molar-refractivity contribution is -0.159. The highest BCUT2D eigenvalue weighted by Crippen LogP contribution is 2.35. The van der Waals surface area contributed by atoms with E-state index in [0.717, 1.165) is 13.0 Å². The Morgan fingerprint density at radius 3 is 3.10 bits per heavy atom. The van der Waals surface area contributed by atoms with Gasteiger partial charge in [0.1, 0.15) is 0 Å². The van der Waals surface area contributed by atoms with Crippen LogP contribution in [-0.4, -0.2) is 18.9 Å². The fourth-order valence-corrected chi connectivity index (χ4v) is 1.58. The number of esters is 1. The normalized spacial score (nSPS) is 45.3. The van der Waals surface area contributed by atoms with Crippen LogP contribution in [0.2, 0.25) is 0 Å². The standard InChI is InChI=1S/C7H10O3/c1-4-5-2-3-9-7(5)10-6(4)8/h4-5,7H,2-3H2,1H3. The Morgan fingerprint density at radius 1 is 1.60 bits per heavy atom. The van der Waals surface area contributed by atoms with Gasteiger partial charge in [0.2, 0.25) is 6.29 Å². The molecular formula is C7H10O3. The minimum Gasteiger partial charge on any atom is -0.435 e. The first-order valence-corrected chi connectivity index (χ1v) is 3.61. The van der Waals surface area contributed by atoms with Crippen LogP contribution in [0.1, 0.15) is 13.3 Å². The monoisotopic (exact) mass is 142 g/mol. The summed E-state index contributed by atoms with van der Waals surface area (Å²) < 4.78 is 10.1. The molecular weight excluding hydrogens is 132 g/mol. The van der Waals surface area contributed by atoms with Crippen molar-refractivity contribution in [3.8, 4) is 0 Å². The fourth-order valence-electron chi connectivity index (χ4n) is 1.58. The third-order valence-corrected chi connectivity index (χ3v) is 2.33. The number of carbonyl (C=O) groups is 1. The Kier molecular flexibility index (Phi) is 1.20. The van der Waals surface area contributed by atoms with E-state index in [1.165, 1.54) is 0 Å². The number of hydrogen-bond donors (Lipinski definition) is 0. The summed E-state index contributed by atoms with van der Waals surface area (Å²) in [4.78, 5) is 10.9. The lowest BCUT2D eigenvalue weighted by Crippen LogP contribution is -2.12. The van der Waals surface area contributed by atoms with Crippen molar-refractivity contribution in [1.82, 2.24) is 0 Å². The SMILES string of the molecule is CC1C(=O)OC2OCCC21. The first-order valence-electron chi connectivity index (χ1n) is 3.61. The molecule has 0 saturated carbocycles. The van der Waals surface area contributed by atoms with Gasteiger partial charge in [-0.1, -0.05) is 6.92 Å². The van der Waals surface area contributed by atoms with Crippen LogP contribution in [0.5, 0.6) is 0 Å². The molecule has 2 heterocycles. The summed E-state index contributed by atoms with van der Waals surface area (Å²) >= 11 is 0. The van der Waals surface area contributed by atoms with E-state index < -0.39 is 0 Å². The third-order valence-electron chi connectivity index (χ3n) is 2.33. The predicted octanol–water partition coefficient (Wildman–Crippen LogP) is 0.542. The van der Waals surface area contributed by atoms with Crippen LogP contribution in [0.3, 0.4) is 0 Å². The molecule has 56 valence electrons. The highest BCUT2D eigenvalue weighted by Gasteiger charge is 2.45. The van der Waals surface area contributed by atoms with Gasteiger partial charge in [-0.15, -0.1) is 0 Å². The van der Waals surface area contributed by atoms with Crippen molar-refractivity contribution in [2.24, 2.45) is 11.8 Å². The molecule has 3 nitrogen and oxygen atoms in total. The van der Waals surface area contributed by atoms with E-state index in [2.05, 4.69) is 0 Å². The summed E-state index contributed by atoms with van der Waals surface area (Å²) in [5.41, 5.74) is 0. The van der Waals surface area contributed by atoms with E-state index in [0.29, 0.717) is 5.92 Å². The topological polar surface area (TPSA) is 35.5 Å². The van der Waals surface area contributed by atoms with Gasteiger partial charge in [0.05, 0.1) is 12.5 Å². The molecule has 0 bridgehead atoms. The number of ether oxygens (including phenoxy) is 2. The van der Waals surface area contributed by atoms with Gasteiger partial charge in [0.25, 0.3) is 0 Å². The molecule has 2 rings (SSSR count). The van der Waals surface area contributed by atoms with Crippen LogP contribution in [0, 0.1) is 11.8 Å². The zero-order valence-electron chi connectivity index (χ0n) is 5.87. The van der Waals surface area contributed by atoms with Crippen LogP contribution in [0.4, 0.5) is 0 Å². The van der Waals surface area contributed by atoms with E-state index in [4.69, 9.17) is 9.47 Å². The van der Waals surface area contributed by atoms with Gasteiger partial charge in [-0.3, -0.25) is 4.79 Å². The third kappa shape index (κ3) is 0.669. The summed E-state index contributed by atoms with van der Waals surface area (Å²) in [6, 6.07) is 0. The van der Waals surface area contributed by atoms with Crippen LogP contribution in [0.15, 0.2) is 0 Å². The number of fused-ring (bicyclic) bond motifs is 1. The molecule has 2 aliphatic heterocycles. The van der Waals surface area contributed by atoms with Crippen LogP contribution in [0.25, 0.3) is 0 Å². The van der Waals surface area contributed by atoms with Crippen molar-refractivity contribution >= 4 is 5.97 Å². The summed E-state index contributed by atoms with van der Waals surface area (Å²) in [6.45, 7) is 2.65. The Balaban J connectivity index is 2.16. The zero-order valence-corrected chi connectivity index (χ0v) is 5.87. The molecule has 0 aromatic carbocycles. The Hall–Kier alpha value is -0.570. The molecule has 0 radical (unpaired) electrons. The summed E-state index contributed by atoms with van der Waals surface area (Å²) in [6.07, 6.45) is 0.750. The summed E-state index contributed by atoms with van der Waals surface area (Å²) in [7, 11) is 0. The van der Waals surface area contributed by atoms with E-state index in [9.17, 15) is 4.79 Å². The van der Waals surface area contributed by atoms with Crippen molar-refractivity contribution in [1.29, 1.82) is 0 Å². The maximum absolute atomic E-state index is 10.9. The average molecular weight is 142 g/mol. The Morgan fingerprint density at radius 2 is 2.40 bits per heavy atom. The van der Waals surface area contributed by atoms with Crippen molar-refractivity contribution in [2.75, 3.05) is 6.61 Å². The molecule has 2 fully saturated rings. The molecule has 0 amide bonds. The van der Waals surface area contributed by atoms with E-state index >= 15 is 0 Å². The van der Waals surface area contributed by atoms with E-state index in [1.807, 2.05) is 6.92 Å². The highest BCUT2D eigenvalue weighted by atomic mass is 16.7. The smallest absolute Gasteiger partial charge is 0.311 e. The zero-order chi connectivity index (χ0) is 7.14. The molecule has 0 aromatic rings. The van der Waals surface area contributed by atoms with Crippen molar-refractivity contribution in [2.45, 2.75) is 19.6 Å². The average Bonchev–Trinajstić information content (AvgIpc) is 2.41. The minimum absolute atomic E-state index is 0.0486. The fraction of sp³-hybridized carbons (Fsp3) is 0.857. The second-order valence-electron chi connectivity index (χ2n) is 2.92.